The minimum absolute atomic E-state index is 0.146. The highest BCUT2D eigenvalue weighted by Gasteiger charge is 2.40. The molecule has 2 fully saturated rings. The summed E-state index contributed by atoms with van der Waals surface area (Å²) in [7, 11) is 1.66. The van der Waals surface area contributed by atoms with Crippen LogP contribution in [0.3, 0.4) is 0 Å². The van der Waals surface area contributed by atoms with Crippen molar-refractivity contribution >= 4 is 40.3 Å². The van der Waals surface area contributed by atoms with Gasteiger partial charge in [-0.3, -0.25) is 9.59 Å². The largest absolute Gasteiger partial charge is 0.391 e. The van der Waals surface area contributed by atoms with Crippen molar-refractivity contribution < 1.29 is 14.7 Å². The summed E-state index contributed by atoms with van der Waals surface area (Å²) in [6, 6.07) is 3.46. The van der Waals surface area contributed by atoms with Gasteiger partial charge >= 0.3 is 0 Å². The van der Waals surface area contributed by atoms with E-state index in [2.05, 4.69) is 38.4 Å². The van der Waals surface area contributed by atoms with Crippen molar-refractivity contribution in [3.05, 3.63) is 52.5 Å². The van der Waals surface area contributed by atoms with Crippen LogP contribution in [0, 0.1) is 18.8 Å². The minimum Gasteiger partial charge on any atom is -0.391 e. The number of likely N-dealkylation sites (tertiary alicyclic amines) is 1. The van der Waals surface area contributed by atoms with Crippen LogP contribution in [0.5, 0.6) is 0 Å². The zero-order chi connectivity index (χ0) is 27.3. The normalized spacial score (nSPS) is 19.8. The second-order valence-corrected chi connectivity index (χ2v) is 10.3. The van der Waals surface area contributed by atoms with Crippen LogP contribution in [0.4, 0.5) is 5.82 Å². The highest BCUT2D eigenvalue weighted by atomic mass is 35.5. The molecule has 5 rings (SSSR count). The highest BCUT2D eigenvalue weighted by molar-refractivity contribution is 6.32. The molecule has 2 aromatic heterocycles. The molecule has 1 aliphatic heterocycles. The molecule has 3 heterocycles. The number of anilines is 1. The van der Waals surface area contributed by atoms with Gasteiger partial charge in [0.05, 0.1) is 34.2 Å². The summed E-state index contributed by atoms with van der Waals surface area (Å²) in [5, 5.41) is 18.4. The summed E-state index contributed by atoms with van der Waals surface area (Å²) in [6.07, 6.45) is 3.18. The summed E-state index contributed by atoms with van der Waals surface area (Å²) in [6.45, 7) is 7.47. The Bertz CT molecular complexity index is 1520. The van der Waals surface area contributed by atoms with Crippen molar-refractivity contribution in [1.82, 2.24) is 24.2 Å². The molecule has 11 heteroatoms. The van der Waals surface area contributed by atoms with Crippen LogP contribution < -0.4 is 11.1 Å². The molecule has 0 bridgehead atoms. The van der Waals surface area contributed by atoms with E-state index in [4.69, 9.17) is 17.3 Å². The number of imidazole rings is 1. The lowest BCUT2D eigenvalue weighted by atomic mass is 10.1. The van der Waals surface area contributed by atoms with E-state index in [0.29, 0.717) is 28.9 Å². The number of halogens is 1. The first kappa shape index (κ1) is 25.8. The predicted molar refractivity (Wildman–Crippen MR) is 145 cm³/mol. The van der Waals surface area contributed by atoms with Crippen molar-refractivity contribution in [3.63, 3.8) is 0 Å². The number of nitrogens with one attached hydrogen (secondary N) is 1. The summed E-state index contributed by atoms with van der Waals surface area (Å²) in [4.78, 5) is 31.2. The molecular formula is C27H30ClN7O3. The number of primary amides is 1. The number of hydrogen-bond acceptors (Lipinski definition) is 6. The maximum absolute atomic E-state index is 12.5. The lowest BCUT2D eigenvalue weighted by Gasteiger charge is -2.25. The smallest absolute Gasteiger partial charge is 0.255 e. The Balaban J connectivity index is 1.54. The van der Waals surface area contributed by atoms with E-state index in [1.165, 1.54) is 6.08 Å². The Morgan fingerprint density at radius 3 is 2.66 bits per heavy atom. The van der Waals surface area contributed by atoms with Gasteiger partial charge in [0.25, 0.3) is 5.91 Å². The lowest BCUT2D eigenvalue weighted by molar-refractivity contribution is -0.128. The molecule has 4 N–H and O–H groups in total. The van der Waals surface area contributed by atoms with Crippen molar-refractivity contribution in [3.8, 4) is 11.8 Å². The van der Waals surface area contributed by atoms with E-state index in [1.54, 1.807) is 23.6 Å². The maximum atomic E-state index is 12.5. The SMILES string of the molecule is C=CC(=O)N1C[C@@H](n2nc(C#Cc3cc4nc(C)n(C5CC5)c4cc3Cl)c(C(N)=O)c2NC)C[C@@H]1[C@H](C)O. The van der Waals surface area contributed by atoms with E-state index in [-0.39, 0.29) is 29.8 Å². The predicted octanol–water partition coefficient (Wildman–Crippen LogP) is 2.78. The number of hydrogen-bond donors (Lipinski definition) is 3. The number of amides is 2. The van der Waals surface area contributed by atoms with E-state index >= 15 is 0 Å². The van der Waals surface area contributed by atoms with Gasteiger partial charge in [0.2, 0.25) is 5.91 Å². The first-order chi connectivity index (χ1) is 18.1. The third-order valence-corrected chi connectivity index (χ3v) is 7.57. The number of carbonyl (C=O) groups excluding carboxylic acids is 2. The fourth-order valence-electron chi connectivity index (χ4n) is 5.36. The molecule has 2 amide bonds. The van der Waals surface area contributed by atoms with Crippen LogP contribution in [0.25, 0.3) is 11.0 Å². The molecule has 0 radical (unpaired) electrons. The third kappa shape index (κ3) is 4.42. The van der Waals surface area contributed by atoms with Gasteiger partial charge in [0.15, 0.2) is 5.69 Å². The first-order valence-corrected chi connectivity index (χ1v) is 12.9. The van der Waals surface area contributed by atoms with Crippen molar-refractivity contribution in [2.24, 2.45) is 5.73 Å². The zero-order valence-corrected chi connectivity index (χ0v) is 22.3. The van der Waals surface area contributed by atoms with Gasteiger partial charge in [-0.1, -0.05) is 24.1 Å². The molecule has 1 aromatic carbocycles. The van der Waals surface area contributed by atoms with Crippen LogP contribution in [0.2, 0.25) is 5.02 Å². The van der Waals surface area contributed by atoms with Crippen LogP contribution >= 0.6 is 11.6 Å². The number of aryl methyl sites for hydroxylation is 1. The van der Waals surface area contributed by atoms with Gasteiger partial charge in [-0.2, -0.15) is 5.10 Å². The van der Waals surface area contributed by atoms with Crippen molar-refractivity contribution in [1.29, 1.82) is 0 Å². The van der Waals surface area contributed by atoms with Gasteiger partial charge in [-0.05, 0) is 57.2 Å². The van der Waals surface area contributed by atoms with Crippen LogP contribution in [-0.4, -0.2) is 66.9 Å². The molecule has 0 spiro atoms. The van der Waals surface area contributed by atoms with Gasteiger partial charge in [-0.25, -0.2) is 9.67 Å². The Morgan fingerprint density at radius 2 is 2.05 bits per heavy atom. The quantitative estimate of drug-likeness (QED) is 0.328. The average molecular weight is 536 g/mol. The van der Waals surface area contributed by atoms with Gasteiger partial charge in [0.1, 0.15) is 17.2 Å². The lowest BCUT2D eigenvalue weighted by Crippen LogP contribution is -2.40. The van der Waals surface area contributed by atoms with Crippen LogP contribution in [0.1, 0.15) is 65.7 Å². The number of fused-ring (bicyclic) bond motifs is 1. The second-order valence-electron chi connectivity index (χ2n) is 9.85. The average Bonchev–Trinajstić information content (AvgIpc) is 3.35. The van der Waals surface area contributed by atoms with E-state index in [9.17, 15) is 14.7 Å². The molecule has 3 atom stereocenters. The van der Waals surface area contributed by atoms with Crippen molar-refractivity contribution in [2.75, 3.05) is 18.9 Å². The Morgan fingerprint density at radius 1 is 1.32 bits per heavy atom. The van der Waals surface area contributed by atoms with E-state index in [1.807, 2.05) is 19.1 Å². The number of aromatic nitrogens is 4. The maximum Gasteiger partial charge on any atom is 0.255 e. The first-order valence-electron chi connectivity index (χ1n) is 12.6. The summed E-state index contributed by atoms with van der Waals surface area (Å²) >= 11 is 6.61. The Kier molecular flexibility index (Phi) is 6.67. The van der Waals surface area contributed by atoms with Crippen LogP contribution in [0.15, 0.2) is 24.8 Å². The molecule has 3 aromatic rings. The number of aliphatic hydroxyl groups excluding tert-OH is 1. The molecule has 1 saturated heterocycles. The monoisotopic (exact) mass is 535 g/mol. The molecule has 198 valence electrons. The fourth-order valence-corrected chi connectivity index (χ4v) is 5.56. The summed E-state index contributed by atoms with van der Waals surface area (Å²) in [5.74, 6) is 6.39. The van der Waals surface area contributed by atoms with Gasteiger partial charge in [-0.15, -0.1) is 0 Å². The third-order valence-electron chi connectivity index (χ3n) is 7.26. The Labute approximate surface area is 225 Å². The van der Waals surface area contributed by atoms with Crippen LogP contribution in [-0.2, 0) is 4.79 Å². The summed E-state index contributed by atoms with van der Waals surface area (Å²) < 4.78 is 3.84. The minimum atomic E-state index is -0.753. The van der Waals surface area contributed by atoms with E-state index in [0.717, 1.165) is 29.7 Å². The highest BCUT2D eigenvalue weighted by Crippen LogP contribution is 2.39. The van der Waals surface area contributed by atoms with Crippen molar-refractivity contribution in [2.45, 2.75) is 57.3 Å². The Hall–Kier alpha value is -3.81. The number of benzene rings is 1. The number of nitrogens with two attached hydrogens (primary N) is 1. The topological polar surface area (TPSA) is 131 Å². The molecular weight excluding hydrogens is 506 g/mol. The molecule has 1 aliphatic carbocycles. The number of carbonyl (C=O) groups is 2. The summed E-state index contributed by atoms with van der Waals surface area (Å²) in [5.41, 5.74) is 8.44. The molecule has 1 saturated carbocycles. The molecule has 0 unspecified atom stereocenters. The number of nitrogens with zero attached hydrogens (tertiary/aromatic N) is 5. The second kappa shape index (κ2) is 9.82. The molecule has 38 heavy (non-hydrogen) atoms. The molecule has 2 aliphatic rings. The number of aliphatic hydroxyl groups is 1. The zero-order valence-electron chi connectivity index (χ0n) is 21.5. The fraction of sp³-hybridized carbons (Fsp3) is 0.407. The van der Waals surface area contributed by atoms with E-state index < -0.39 is 18.1 Å². The van der Waals surface area contributed by atoms with Gasteiger partial charge < -0.3 is 25.6 Å². The molecule has 10 nitrogen and oxygen atoms in total. The number of rotatable bonds is 6. The standard InChI is InChI=1S/C27H30ClN7O3/c1-5-24(37)33-13-18(11-22(33)14(2)36)35-27(30-4)25(26(29)38)20(32-35)9-6-16-10-21-23(12-19(16)28)34(15(3)31-21)17-7-8-17/h5,10,12,14,17-18,22,30,36H,1,7-8,11,13H2,2-4H3,(H2,29,38)/t14-,18-,22+/m0/s1. The van der Waals surface area contributed by atoms with Gasteiger partial charge in [0, 0.05) is 25.2 Å².